The van der Waals surface area contributed by atoms with Gasteiger partial charge in [0.2, 0.25) is 0 Å². The van der Waals surface area contributed by atoms with Crippen molar-refractivity contribution in [1.82, 2.24) is 10.2 Å². The maximum Gasteiger partial charge on any atom is 0.416 e. The third-order valence-corrected chi connectivity index (χ3v) is 4.08. The van der Waals surface area contributed by atoms with Crippen LogP contribution in [0.1, 0.15) is 30.5 Å². The topological polar surface area (TPSA) is 15.3 Å². The molecule has 1 fully saturated rings. The number of rotatable bonds is 4. The molecule has 1 N–H and O–H groups in total. The van der Waals surface area contributed by atoms with E-state index < -0.39 is 11.7 Å². The van der Waals surface area contributed by atoms with Gasteiger partial charge in [0.15, 0.2) is 0 Å². The maximum atomic E-state index is 13.2. The van der Waals surface area contributed by atoms with Crippen molar-refractivity contribution in [2.75, 3.05) is 26.7 Å². The Bertz CT molecular complexity index is 445. The first-order valence-corrected chi connectivity index (χ1v) is 7.03. The molecule has 0 amide bonds. The van der Waals surface area contributed by atoms with E-state index in [4.69, 9.17) is 0 Å². The van der Waals surface area contributed by atoms with Gasteiger partial charge in [0.1, 0.15) is 0 Å². The molecule has 2 atom stereocenters. The zero-order valence-corrected chi connectivity index (χ0v) is 11.9. The van der Waals surface area contributed by atoms with Gasteiger partial charge in [-0.1, -0.05) is 25.1 Å². The van der Waals surface area contributed by atoms with Gasteiger partial charge in [0.05, 0.1) is 5.56 Å². The van der Waals surface area contributed by atoms with Gasteiger partial charge in [-0.15, -0.1) is 0 Å². The lowest BCUT2D eigenvalue weighted by Gasteiger charge is -2.30. The molecule has 0 radical (unpaired) electrons. The van der Waals surface area contributed by atoms with Crippen LogP contribution in [0.25, 0.3) is 0 Å². The van der Waals surface area contributed by atoms with Crippen LogP contribution in [0.3, 0.4) is 0 Å². The van der Waals surface area contributed by atoms with Gasteiger partial charge < -0.3 is 5.32 Å². The quantitative estimate of drug-likeness (QED) is 0.913. The summed E-state index contributed by atoms with van der Waals surface area (Å²) in [6.07, 6.45) is -3.35. The summed E-state index contributed by atoms with van der Waals surface area (Å²) in [6, 6.07) is 5.84. The van der Waals surface area contributed by atoms with E-state index in [2.05, 4.69) is 10.2 Å². The monoisotopic (exact) mass is 286 g/mol. The van der Waals surface area contributed by atoms with Crippen LogP contribution >= 0.6 is 0 Å². The highest BCUT2D eigenvalue weighted by atomic mass is 19.4. The molecule has 1 aromatic carbocycles. The Labute approximate surface area is 118 Å². The predicted molar refractivity (Wildman–Crippen MR) is 73.5 cm³/mol. The van der Waals surface area contributed by atoms with Crippen molar-refractivity contribution in [2.45, 2.75) is 25.6 Å². The van der Waals surface area contributed by atoms with Crippen LogP contribution in [0.2, 0.25) is 0 Å². The van der Waals surface area contributed by atoms with Gasteiger partial charge >= 0.3 is 6.18 Å². The molecular formula is C15H21F3N2. The van der Waals surface area contributed by atoms with E-state index >= 15 is 0 Å². The molecule has 1 aliphatic rings. The molecule has 0 aliphatic carbocycles. The number of hydrogen-bond donors (Lipinski definition) is 1. The summed E-state index contributed by atoms with van der Waals surface area (Å²) in [5.41, 5.74) is -0.0777. The molecule has 1 saturated heterocycles. The fourth-order valence-corrected chi connectivity index (χ4v) is 3.22. The zero-order valence-electron chi connectivity index (χ0n) is 11.9. The van der Waals surface area contributed by atoms with Crippen LogP contribution in [0.5, 0.6) is 0 Å². The van der Waals surface area contributed by atoms with Gasteiger partial charge in [0.25, 0.3) is 0 Å². The van der Waals surface area contributed by atoms with Crippen molar-refractivity contribution in [3.8, 4) is 0 Å². The smallest absolute Gasteiger partial charge is 0.319 e. The SMILES string of the molecule is CCN1CCC(CNC)C1c1ccccc1C(F)(F)F. The van der Waals surface area contributed by atoms with Crippen molar-refractivity contribution in [1.29, 1.82) is 0 Å². The number of alkyl halides is 3. The Hall–Kier alpha value is -1.07. The molecular weight excluding hydrogens is 265 g/mol. The molecule has 0 spiro atoms. The molecule has 0 saturated carbocycles. The van der Waals surface area contributed by atoms with Crippen LogP contribution in [0.4, 0.5) is 13.2 Å². The summed E-state index contributed by atoms with van der Waals surface area (Å²) in [7, 11) is 1.85. The molecule has 1 aromatic rings. The number of benzene rings is 1. The van der Waals surface area contributed by atoms with Crippen LogP contribution in [-0.4, -0.2) is 31.6 Å². The van der Waals surface area contributed by atoms with Crippen LogP contribution in [0, 0.1) is 5.92 Å². The third-order valence-electron chi connectivity index (χ3n) is 4.08. The number of nitrogens with one attached hydrogen (secondary N) is 1. The Morgan fingerprint density at radius 1 is 1.30 bits per heavy atom. The zero-order chi connectivity index (χ0) is 14.8. The van der Waals surface area contributed by atoms with Crippen molar-refractivity contribution < 1.29 is 13.2 Å². The summed E-state index contributed by atoms with van der Waals surface area (Å²) in [5.74, 6) is 0.225. The van der Waals surface area contributed by atoms with Crippen molar-refractivity contribution in [3.05, 3.63) is 35.4 Å². The summed E-state index contributed by atoms with van der Waals surface area (Å²) in [5, 5.41) is 3.10. The molecule has 5 heteroatoms. The van der Waals surface area contributed by atoms with Crippen LogP contribution in [0.15, 0.2) is 24.3 Å². The lowest BCUT2D eigenvalue weighted by molar-refractivity contribution is -0.138. The van der Waals surface area contributed by atoms with Crippen molar-refractivity contribution in [3.63, 3.8) is 0 Å². The van der Waals surface area contributed by atoms with E-state index in [1.807, 2.05) is 14.0 Å². The second-order valence-electron chi connectivity index (χ2n) is 5.26. The van der Waals surface area contributed by atoms with Gasteiger partial charge in [0, 0.05) is 6.04 Å². The molecule has 112 valence electrons. The van der Waals surface area contributed by atoms with Crippen LogP contribution in [-0.2, 0) is 6.18 Å². The average molecular weight is 286 g/mol. The van der Waals surface area contributed by atoms with Gasteiger partial charge in [-0.05, 0) is 50.7 Å². The molecule has 1 heterocycles. The predicted octanol–water partition coefficient (Wildman–Crippen LogP) is 3.31. The second kappa shape index (κ2) is 6.14. The first-order chi connectivity index (χ1) is 9.49. The molecule has 0 aromatic heterocycles. The number of nitrogens with zero attached hydrogens (tertiary/aromatic N) is 1. The van der Waals surface area contributed by atoms with Crippen LogP contribution < -0.4 is 5.32 Å². The third kappa shape index (κ3) is 2.99. The Balaban J connectivity index is 2.41. The minimum atomic E-state index is -4.29. The number of halogens is 3. The van der Waals surface area contributed by atoms with Crippen molar-refractivity contribution >= 4 is 0 Å². The Morgan fingerprint density at radius 2 is 2.00 bits per heavy atom. The largest absolute Gasteiger partial charge is 0.416 e. The fraction of sp³-hybridized carbons (Fsp3) is 0.600. The van der Waals surface area contributed by atoms with Gasteiger partial charge in [-0.3, -0.25) is 4.90 Å². The lowest BCUT2D eigenvalue weighted by atomic mass is 9.90. The molecule has 2 rings (SSSR count). The highest BCUT2D eigenvalue weighted by molar-refractivity contribution is 5.33. The highest BCUT2D eigenvalue weighted by Gasteiger charge is 2.40. The number of likely N-dealkylation sites (tertiary alicyclic amines) is 1. The minimum Gasteiger partial charge on any atom is -0.319 e. The van der Waals surface area contributed by atoms with Gasteiger partial charge in [-0.2, -0.15) is 13.2 Å². The summed E-state index contributed by atoms with van der Waals surface area (Å²) >= 11 is 0. The highest BCUT2D eigenvalue weighted by Crippen LogP contribution is 2.42. The normalized spacial score (nSPS) is 24.2. The standard InChI is InChI=1S/C15H21F3N2/c1-3-20-9-8-11(10-19-2)14(20)12-6-4-5-7-13(12)15(16,17)18/h4-7,11,14,19H,3,8-10H2,1-2H3. The van der Waals surface area contributed by atoms with E-state index in [0.717, 1.165) is 26.1 Å². The van der Waals surface area contributed by atoms with Gasteiger partial charge in [-0.25, -0.2) is 0 Å². The molecule has 1 aliphatic heterocycles. The average Bonchev–Trinajstić information content (AvgIpc) is 2.81. The number of hydrogen-bond acceptors (Lipinski definition) is 2. The van der Waals surface area contributed by atoms with Crippen molar-refractivity contribution in [2.24, 2.45) is 5.92 Å². The van der Waals surface area contributed by atoms with E-state index in [-0.39, 0.29) is 12.0 Å². The Kier molecular flexibility index (Phi) is 4.70. The Morgan fingerprint density at radius 3 is 2.60 bits per heavy atom. The fourth-order valence-electron chi connectivity index (χ4n) is 3.22. The van der Waals surface area contributed by atoms with E-state index in [1.165, 1.54) is 12.1 Å². The second-order valence-corrected chi connectivity index (χ2v) is 5.26. The van der Waals surface area contributed by atoms with E-state index in [0.29, 0.717) is 5.56 Å². The molecule has 20 heavy (non-hydrogen) atoms. The summed E-state index contributed by atoms with van der Waals surface area (Å²) in [6.45, 7) is 4.38. The minimum absolute atomic E-state index is 0.148. The van der Waals surface area contributed by atoms with E-state index in [1.54, 1.807) is 12.1 Å². The summed E-state index contributed by atoms with van der Waals surface area (Å²) < 4.78 is 39.6. The van der Waals surface area contributed by atoms with E-state index in [9.17, 15) is 13.2 Å². The maximum absolute atomic E-state index is 13.2. The summed E-state index contributed by atoms with van der Waals surface area (Å²) in [4.78, 5) is 2.15. The molecule has 2 unspecified atom stereocenters. The lowest BCUT2D eigenvalue weighted by Crippen LogP contribution is -2.30. The first kappa shape index (κ1) is 15.3. The molecule has 2 nitrogen and oxygen atoms in total. The first-order valence-electron chi connectivity index (χ1n) is 7.03. The molecule has 0 bridgehead atoms.